The molecule has 0 aliphatic carbocycles. The highest BCUT2D eigenvalue weighted by molar-refractivity contribution is 9.10. The standard InChI is InChI=1S/C15H17BrN2O5/c1-22-14(20)8-12-15(21)17-6-7-18(12)13(19)9-23-11-4-2-10(16)3-5-11/h2-5,12H,6-9H2,1H3,(H,17,21). The molecule has 0 spiro atoms. The van der Waals surface area contributed by atoms with E-state index < -0.39 is 12.0 Å². The molecule has 0 radical (unpaired) electrons. The second-order valence-corrected chi connectivity index (χ2v) is 5.83. The summed E-state index contributed by atoms with van der Waals surface area (Å²) in [6.07, 6.45) is -0.174. The Morgan fingerprint density at radius 3 is 2.70 bits per heavy atom. The normalized spacial score (nSPS) is 17.4. The van der Waals surface area contributed by atoms with Gasteiger partial charge in [0.2, 0.25) is 5.91 Å². The Bertz CT molecular complexity index is 590. The molecule has 1 aliphatic heterocycles. The third kappa shape index (κ3) is 4.69. The molecule has 1 aromatic rings. The molecule has 1 heterocycles. The van der Waals surface area contributed by atoms with Crippen LogP contribution < -0.4 is 10.1 Å². The number of hydrogen-bond donors (Lipinski definition) is 1. The molecule has 1 saturated heterocycles. The van der Waals surface area contributed by atoms with Crippen LogP contribution in [0.2, 0.25) is 0 Å². The molecule has 1 aromatic carbocycles. The van der Waals surface area contributed by atoms with Gasteiger partial charge in [-0.05, 0) is 24.3 Å². The Hall–Kier alpha value is -2.09. The number of piperazine rings is 1. The Labute approximate surface area is 142 Å². The number of benzene rings is 1. The lowest BCUT2D eigenvalue weighted by Gasteiger charge is -2.34. The Kier molecular flexibility index (Phi) is 5.97. The van der Waals surface area contributed by atoms with E-state index in [4.69, 9.17) is 4.74 Å². The molecule has 1 atom stereocenters. The summed E-state index contributed by atoms with van der Waals surface area (Å²) in [6, 6.07) is 6.19. The molecule has 1 aliphatic rings. The van der Waals surface area contributed by atoms with Crippen molar-refractivity contribution >= 4 is 33.7 Å². The van der Waals surface area contributed by atoms with E-state index in [2.05, 4.69) is 26.0 Å². The van der Waals surface area contributed by atoms with Crippen LogP contribution in [0.3, 0.4) is 0 Å². The number of esters is 1. The van der Waals surface area contributed by atoms with Gasteiger partial charge in [0.1, 0.15) is 11.8 Å². The lowest BCUT2D eigenvalue weighted by molar-refractivity contribution is -0.151. The van der Waals surface area contributed by atoms with Gasteiger partial charge in [-0.1, -0.05) is 15.9 Å². The molecule has 1 N–H and O–H groups in total. The number of carbonyl (C=O) groups excluding carboxylic acids is 3. The summed E-state index contributed by atoms with van der Waals surface area (Å²) in [5.74, 6) is -0.707. The van der Waals surface area contributed by atoms with Gasteiger partial charge in [-0.15, -0.1) is 0 Å². The first kappa shape index (κ1) is 17.3. The van der Waals surface area contributed by atoms with Crippen LogP contribution >= 0.6 is 15.9 Å². The van der Waals surface area contributed by atoms with E-state index in [1.54, 1.807) is 24.3 Å². The zero-order chi connectivity index (χ0) is 16.8. The van der Waals surface area contributed by atoms with Crippen LogP contribution in [0.1, 0.15) is 6.42 Å². The molecule has 8 heteroatoms. The third-order valence-electron chi connectivity index (χ3n) is 3.41. The SMILES string of the molecule is COC(=O)CC1C(=O)NCCN1C(=O)COc1ccc(Br)cc1. The van der Waals surface area contributed by atoms with Crippen molar-refractivity contribution in [1.29, 1.82) is 0 Å². The molecule has 23 heavy (non-hydrogen) atoms. The lowest BCUT2D eigenvalue weighted by atomic mass is 10.1. The first-order valence-electron chi connectivity index (χ1n) is 7.03. The number of nitrogens with zero attached hydrogens (tertiary/aromatic N) is 1. The van der Waals surface area contributed by atoms with Gasteiger partial charge in [0, 0.05) is 17.6 Å². The van der Waals surface area contributed by atoms with Gasteiger partial charge in [-0.3, -0.25) is 14.4 Å². The van der Waals surface area contributed by atoms with Gasteiger partial charge in [0.05, 0.1) is 13.5 Å². The summed E-state index contributed by atoms with van der Waals surface area (Å²) in [5, 5.41) is 2.64. The number of hydrogen-bond acceptors (Lipinski definition) is 5. The second-order valence-electron chi connectivity index (χ2n) is 4.92. The van der Waals surface area contributed by atoms with Crippen LogP contribution in [0.25, 0.3) is 0 Å². The highest BCUT2D eigenvalue weighted by Crippen LogP contribution is 2.17. The van der Waals surface area contributed by atoms with Gasteiger partial charge in [-0.25, -0.2) is 0 Å². The maximum Gasteiger partial charge on any atom is 0.308 e. The molecule has 1 fully saturated rings. The van der Waals surface area contributed by atoms with Crippen molar-refractivity contribution in [1.82, 2.24) is 10.2 Å². The number of amides is 2. The summed E-state index contributed by atoms with van der Waals surface area (Å²) in [4.78, 5) is 37.0. The molecule has 0 aromatic heterocycles. The van der Waals surface area contributed by atoms with Crippen LogP contribution in [0.15, 0.2) is 28.7 Å². The lowest BCUT2D eigenvalue weighted by Crippen LogP contribution is -2.58. The third-order valence-corrected chi connectivity index (χ3v) is 3.94. The van der Waals surface area contributed by atoms with Crippen LogP contribution in [0.4, 0.5) is 0 Å². The first-order valence-corrected chi connectivity index (χ1v) is 7.83. The predicted molar refractivity (Wildman–Crippen MR) is 84.8 cm³/mol. The van der Waals surface area contributed by atoms with Gasteiger partial charge in [0.15, 0.2) is 6.61 Å². The molecular formula is C15H17BrN2O5. The number of ether oxygens (including phenoxy) is 2. The molecule has 7 nitrogen and oxygen atoms in total. The van der Waals surface area contributed by atoms with Gasteiger partial charge < -0.3 is 19.7 Å². The first-order chi connectivity index (χ1) is 11.0. The summed E-state index contributed by atoms with van der Waals surface area (Å²) < 4.78 is 10.9. The quantitative estimate of drug-likeness (QED) is 0.756. The van der Waals surface area contributed by atoms with Crippen LogP contribution in [-0.4, -0.2) is 55.5 Å². The fourth-order valence-corrected chi connectivity index (χ4v) is 2.48. The number of nitrogens with one attached hydrogen (secondary N) is 1. The maximum absolute atomic E-state index is 12.3. The molecular weight excluding hydrogens is 368 g/mol. The predicted octanol–water partition coefficient (Wildman–Crippen LogP) is 0.718. The highest BCUT2D eigenvalue weighted by atomic mass is 79.9. The molecule has 2 amide bonds. The van der Waals surface area contributed by atoms with E-state index in [0.717, 1.165) is 4.47 Å². The molecule has 0 saturated carbocycles. The van der Waals surface area contributed by atoms with E-state index in [-0.39, 0.29) is 24.8 Å². The van der Waals surface area contributed by atoms with E-state index in [9.17, 15) is 14.4 Å². The molecule has 2 rings (SSSR count). The summed E-state index contributed by atoms with van der Waals surface area (Å²) in [6.45, 7) is 0.475. The Morgan fingerprint density at radius 2 is 2.04 bits per heavy atom. The van der Waals surface area contributed by atoms with Crippen molar-refractivity contribution in [2.75, 3.05) is 26.8 Å². The summed E-state index contributed by atoms with van der Waals surface area (Å²) in [7, 11) is 1.24. The average molecular weight is 385 g/mol. The highest BCUT2D eigenvalue weighted by Gasteiger charge is 2.35. The Morgan fingerprint density at radius 1 is 1.35 bits per heavy atom. The monoisotopic (exact) mass is 384 g/mol. The number of rotatable bonds is 5. The van der Waals surface area contributed by atoms with Crippen LogP contribution in [0, 0.1) is 0 Å². The fourth-order valence-electron chi connectivity index (χ4n) is 2.22. The van der Waals surface area contributed by atoms with Gasteiger partial charge >= 0.3 is 5.97 Å². The second kappa shape index (κ2) is 7.96. The van der Waals surface area contributed by atoms with E-state index in [1.165, 1.54) is 12.0 Å². The minimum atomic E-state index is -0.864. The molecule has 124 valence electrons. The minimum Gasteiger partial charge on any atom is -0.484 e. The number of methoxy groups -OCH3 is 1. The van der Waals surface area contributed by atoms with Crippen molar-refractivity contribution in [3.05, 3.63) is 28.7 Å². The maximum atomic E-state index is 12.3. The van der Waals surface area contributed by atoms with Crippen molar-refractivity contribution < 1.29 is 23.9 Å². The van der Waals surface area contributed by atoms with Crippen molar-refractivity contribution in [3.63, 3.8) is 0 Å². The van der Waals surface area contributed by atoms with E-state index in [0.29, 0.717) is 18.8 Å². The topological polar surface area (TPSA) is 84.9 Å². The summed E-state index contributed by atoms with van der Waals surface area (Å²) in [5.41, 5.74) is 0. The van der Waals surface area contributed by atoms with Gasteiger partial charge in [-0.2, -0.15) is 0 Å². The fraction of sp³-hybridized carbons (Fsp3) is 0.400. The number of halogens is 1. The minimum absolute atomic E-state index is 0.174. The van der Waals surface area contributed by atoms with E-state index >= 15 is 0 Å². The summed E-state index contributed by atoms with van der Waals surface area (Å²) >= 11 is 3.31. The van der Waals surface area contributed by atoms with Crippen molar-refractivity contribution in [2.24, 2.45) is 0 Å². The smallest absolute Gasteiger partial charge is 0.308 e. The largest absolute Gasteiger partial charge is 0.484 e. The van der Waals surface area contributed by atoms with E-state index in [1.807, 2.05) is 0 Å². The van der Waals surface area contributed by atoms with Crippen molar-refractivity contribution in [3.8, 4) is 5.75 Å². The zero-order valence-corrected chi connectivity index (χ0v) is 14.2. The van der Waals surface area contributed by atoms with Crippen LogP contribution in [0.5, 0.6) is 5.75 Å². The zero-order valence-electron chi connectivity index (χ0n) is 12.6. The van der Waals surface area contributed by atoms with Crippen molar-refractivity contribution in [2.45, 2.75) is 12.5 Å². The average Bonchev–Trinajstić information content (AvgIpc) is 2.55. The van der Waals surface area contributed by atoms with Crippen LogP contribution in [-0.2, 0) is 19.1 Å². The Balaban J connectivity index is 1.98. The molecule has 1 unspecified atom stereocenters. The molecule has 0 bridgehead atoms. The van der Waals surface area contributed by atoms with Gasteiger partial charge in [0.25, 0.3) is 5.91 Å². The number of carbonyl (C=O) groups is 3.